The molecule has 0 saturated carbocycles. The summed E-state index contributed by atoms with van der Waals surface area (Å²) in [6.45, 7) is 3.26. The molecule has 0 aromatic heterocycles. The highest BCUT2D eigenvalue weighted by atomic mass is 19.1. The summed E-state index contributed by atoms with van der Waals surface area (Å²) in [5.74, 6) is -2.68. The predicted molar refractivity (Wildman–Crippen MR) is 57.9 cm³/mol. The maximum Gasteiger partial charge on any atom is 0.174 e. The normalized spacial score (nSPS) is 12.2. The summed E-state index contributed by atoms with van der Waals surface area (Å²) >= 11 is 0. The van der Waals surface area contributed by atoms with Crippen LogP contribution in [0.2, 0.25) is 0 Å². The van der Waals surface area contributed by atoms with Gasteiger partial charge in [-0.2, -0.15) is 0 Å². The second-order valence-corrected chi connectivity index (χ2v) is 3.63. The highest BCUT2D eigenvalue weighted by Crippen LogP contribution is 2.17. The van der Waals surface area contributed by atoms with Crippen LogP contribution >= 0.6 is 0 Å². The zero-order chi connectivity index (χ0) is 12.3. The minimum absolute atomic E-state index is 0.153. The summed E-state index contributed by atoms with van der Waals surface area (Å²) in [6.07, 6.45) is 0.435. The molecule has 1 unspecified atom stereocenters. The summed E-state index contributed by atoms with van der Waals surface area (Å²) in [5, 5.41) is 7.43. The Bertz CT molecular complexity index is 429. The van der Waals surface area contributed by atoms with Crippen molar-refractivity contribution >= 4 is 11.5 Å². The molecule has 0 radical (unpaired) electrons. The van der Waals surface area contributed by atoms with Crippen LogP contribution in [0.25, 0.3) is 0 Å². The maximum absolute atomic E-state index is 13.3. The van der Waals surface area contributed by atoms with Crippen LogP contribution in [0, 0.1) is 23.0 Å². The van der Waals surface area contributed by atoms with Gasteiger partial charge in [-0.05, 0) is 25.5 Å². The molecule has 1 rings (SSSR count). The summed E-state index contributed by atoms with van der Waals surface area (Å²) in [7, 11) is 0. The Balaban J connectivity index is 3.09. The van der Waals surface area contributed by atoms with E-state index in [1.165, 1.54) is 6.92 Å². The van der Waals surface area contributed by atoms with Crippen LogP contribution in [-0.4, -0.2) is 11.5 Å². The third kappa shape index (κ3) is 2.51. The van der Waals surface area contributed by atoms with E-state index in [2.05, 4.69) is 0 Å². The molecule has 1 N–H and O–H groups in total. The molecule has 16 heavy (non-hydrogen) atoms. The lowest BCUT2D eigenvalue weighted by Crippen LogP contribution is -2.21. The van der Waals surface area contributed by atoms with Gasteiger partial charge < -0.3 is 5.41 Å². The lowest BCUT2D eigenvalue weighted by Gasteiger charge is -2.12. The molecular weight excluding hydrogens is 212 g/mol. The Hall–Kier alpha value is -1.58. The molecule has 0 amide bonds. The molecule has 0 aliphatic carbocycles. The first kappa shape index (κ1) is 12.5. The molecule has 86 valence electrons. The number of hydrogen-bond acceptors (Lipinski definition) is 2. The van der Waals surface area contributed by atoms with E-state index in [1.54, 1.807) is 6.92 Å². The summed E-state index contributed by atoms with van der Waals surface area (Å²) in [6, 6.07) is 2.85. The van der Waals surface area contributed by atoms with E-state index in [4.69, 9.17) is 5.41 Å². The number of ketones is 1. The van der Waals surface area contributed by atoms with E-state index in [0.29, 0.717) is 12.5 Å². The number of benzene rings is 1. The van der Waals surface area contributed by atoms with Crippen molar-refractivity contribution in [2.24, 2.45) is 5.92 Å². The number of nitrogens with one attached hydrogen (secondary N) is 1. The van der Waals surface area contributed by atoms with E-state index in [9.17, 15) is 13.6 Å². The van der Waals surface area contributed by atoms with Crippen LogP contribution in [-0.2, 0) is 0 Å². The van der Waals surface area contributed by atoms with Crippen LogP contribution in [0.4, 0.5) is 8.78 Å². The van der Waals surface area contributed by atoms with Crippen LogP contribution in [0.1, 0.15) is 30.6 Å². The van der Waals surface area contributed by atoms with Crippen molar-refractivity contribution < 1.29 is 13.6 Å². The molecule has 1 aromatic rings. The standard InChI is InChI=1S/C12H13F2NO/c1-3-9(7(2)15)12(16)10-5-4-8(13)6-11(10)14/h4-6,9,15H,3H2,1-2H3. The number of halogens is 2. The zero-order valence-electron chi connectivity index (χ0n) is 9.18. The molecule has 2 nitrogen and oxygen atoms in total. The highest BCUT2D eigenvalue weighted by molar-refractivity contribution is 6.10. The zero-order valence-corrected chi connectivity index (χ0v) is 9.18. The van der Waals surface area contributed by atoms with Gasteiger partial charge >= 0.3 is 0 Å². The quantitative estimate of drug-likeness (QED) is 0.620. The van der Waals surface area contributed by atoms with Gasteiger partial charge in [-0.3, -0.25) is 4.79 Å². The SMILES string of the molecule is CCC(C(C)=N)C(=O)c1ccc(F)cc1F. The highest BCUT2D eigenvalue weighted by Gasteiger charge is 2.22. The second-order valence-electron chi connectivity index (χ2n) is 3.63. The third-order valence-corrected chi connectivity index (χ3v) is 2.44. The van der Waals surface area contributed by atoms with Crippen LogP contribution in [0.5, 0.6) is 0 Å². The minimum Gasteiger partial charge on any atom is -0.309 e. The molecule has 1 aromatic carbocycles. The minimum atomic E-state index is -0.871. The first-order chi connectivity index (χ1) is 7.47. The van der Waals surface area contributed by atoms with Gasteiger partial charge in [0.2, 0.25) is 0 Å². The first-order valence-electron chi connectivity index (χ1n) is 5.01. The van der Waals surface area contributed by atoms with Crippen molar-refractivity contribution in [1.29, 1.82) is 5.41 Å². The van der Waals surface area contributed by atoms with Gasteiger partial charge in [-0.25, -0.2) is 8.78 Å². The largest absolute Gasteiger partial charge is 0.309 e. The molecule has 1 atom stereocenters. The molecule has 0 saturated heterocycles. The van der Waals surface area contributed by atoms with E-state index in [1.807, 2.05) is 0 Å². The lowest BCUT2D eigenvalue weighted by molar-refractivity contribution is 0.0947. The third-order valence-electron chi connectivity index (χ3n) is 2.44. The fourth-order valence-electron chi connectivity index (χ4n) is 1.57. The molecular formula is C12H13F2NO. The van der Waals surface area contributed by atoms with Gasteiger partial charge in [-0.1, -0.05) is 6.92 Å². The molecule has 0 aliphatic rings. The van der Waals surface area contributed by atoms with Gasteiger partial charge in [0.15, 0.2) is 5.78 Å². The fourth-order valence-corrected chi connectivity index (χ4v) is 1.57. The van der Waals surface area contributed by atoms with Crippen molar-refractivity contribution in [3.8, 4) is 0 Å². The van der Waals surface area contributed by atoms with Gasteiger partial charge in [0.25, 0.3) is 0 Å². The monoisotopic (exact) mass is 225 g/mol. The Morgan fingerprint density at radius 3 is 2.50 bits per heavy atom. The fraction of sp³-hybridized carbons (Fsp3) is 0.333. The smallest absolute Gasteiger partial charge is 0.174 e. The average Bonchev–Trinajstić information content (AvgIpc) is 2.17. The molecule has 0 fully saturated rings. The molecule has 0 bridgehead atoms. The van der Waals surface area contributed by atoms with Gasteiger partial charge in [0, 0.05) is 11.8 Å². The summed E-state index contributed by atoms with van der Waals surface area (Å²) in [4.78, 5) is 11.8. The summed E-state index contributed by atoms with van der Waals surface area (Å²) < 4.78 is 26.0. The number of hydrogen-bond donors (Lipinski definition) is 1. The molecule has 0 spiro atoms. The van der Waals surface area contributed by atoms with Gasteiger partial charge in [0.1, 0.15) is 11.6 Å². The lowest BCUT2D eigenvalue weighted by atomic mass is 9.91. The number of Topliss-reactive ketones (excluding diaryl/α,β-unsaturated/α-hetero) is 1. The van der Waals surface area contributed by atoms with E-state index in [0.717, 1.165) is 12.1 Å². The van der Waals surface area contributed by atoms with Crippen molar-refractivity contribution in [2.45, 2.75) is 20.3 Å². The number of rotatable bonds is 4. The van der Waals surface area contributed by atoms with E-state index < -0.39 is 23.3 Å². The van der Waals surface area contributed by atoms with E-state index in [-0.39, 0.29) is 11.3 Å². The van der Waals surface area contributed by atoms with Crippen molar-refractivity contribution in [1.82, 2.24) is 0 Å². The Morgan fingerprint density at radius 1 is 1.44 bits per heavy atom. The second kappa shape index (κ2) is 4.96. The first-order valence-corrected chi connectivity index (χ1v) is 5.01. The van der Waals surface area contributed by atoms with E-state index >= 15 is 0 Å². The molecule has 0 aliphatic heterocycles. The van der Waals surface area contributed by atoms with Crippen molar-refractivity contribution in [3.63, 3.8) is 0 Å². The van der Waals surface area contributed by atoms with Crippen LogP contribution < -0.4 is 0 Å². The maximum atomic E-state index is 13.3. The van der Waals surface area contributed by atoms with Gasteiger partial charge in [-0.15, -0.1) is 0 Å². The van der Waals surface area contributed by atoms with Crippen LogP contribution in [0.15, 0.2) is 18.2 Å². The Kier molecular flexibility index (Phi) is 3.88. The van der Waals surface area contributed by atoms with Crippen molar-refractivity contribution in [2.75, 3.05) is 0 Å². The summed E-state index contributed by atoms with van der Waals surface area (Å²) in [5.41, 5.74) is 0.0380. The number of carbonyl (C=O) groups is 1. The topological polar surface area (TPSA) is 40.9 Å². The van der Waals surface area contributed by atoms with Crippen molar-refractivity contribution in [3.05, 3.63) is 35.4 Å². The Labute approximate surface area is 92.8 Å². The molecule has 4 heteroatoms. The predicted octanol–water partition coefficient (Wildman–Crippen LogP) is 3.21. The molecule has 0 heterocycles. The Morgan fingerprint density at radius 2 is 2.06 bits per heavy atom. The van der Waals surface area contributed by atoms with Crippen LogP contribution in [0.3, 0.4) is 0 Å². The number of carbonyl (C=O) groups excluding carboxylic acids is 1. The average molecular weight is 225 g/mol. The van der Waals surface area contributed by atoms with Gasteiger partial charge in [0.05, 0.1) is 11.5 Å².